The van der Waals surface area contributed by atoms with E-state index in [1.165, 1.54) is 11.8 Å². The molecule has 0 aromatic heterocycles. The molecule has 108 valence electrons. The molecule has 7 heteroatoms. The van der Waals surface area contributed by atoms with E-state index < -0.39 is 0 Å². The highest BCUT2D eigenvalue weighted by molar-refractivity contribution is 8.39. The number of rotatable bonds is 4. The fourth-order valence-corrected chi connectivity index (χ4v) is 3.97. The molecule has 0 radical (unpaired) electrons. The van der Waals surface area contributed by atoms with Gasteiger partial charge in [0.25, 0.3) is 0 Å². The van der Waals surface area contributed by atoms with Crippen molar-refractivity contribution in [2.75, 3.05) is 24.7 Å². The molecule has 0 saturated carbocycles. The highest BCUT2D eigenvalue weighted by Crippen LogP contribution is 2.29. The van der Waals surface area contributed by atoms with Crippen LogP contribution < -0.4 is 10.1 Å². The van der Waals surface area contributed by atoms with Crippen LogP contribution in [-0.4, -0.2) is 34.9 Å². The summed E-state index contributed by atoms with van der Waals surface area (Å²) in [5, 5.41) is 3.12. The van der Waals surface area contributed by atoms with Crippen LogP contribution in [0.3, 0.4) is 0 Å². The second-order valence-corrected chi connectivity index (χ2v) is 7.17. The molecule has 1 atom stereocenters. The topological polar surface area (TPSA) is 50.7 Å². The van der Waals surface area contributed by atoms with E-state index in [0.29, 0.717) is 16.5 Å². The average molecular weight is 331 g/mol. The SMILES string of the molecule is COc1ccc(NC(=O)C(C)SC2=NCCS2)cc1Cl. The number of carbonyl (C=O) groups is 1. The van der Waals surface area contributed by atoms with E-state index >= 15 is 0 Å². The highest BCUT2D eigenvalue weighted by atomic mass is 35.5. The van der Waals surface area contributed by atoms with Crippen LogP contribution in [0.4, 0.5) is 5.69 Å². The van der Waals surface area contributed by atoms with Gasteiger partial charge < -0.3 is 10.1 Å². The van der Waals surface area contributed by atoms with Gasteiger partial charge in [-0.15, -0.1) is 0 Å². The Morgan fingerprint density at radius 2 is 2.40 bits per heavy atom. The molecule has 1 aliphatic rings. The number of anilines is 1. The van der Waals surface area contributed by atoms with Crippen molar-refractivity contribution in [3.63, 3.8) is 0 Å². The fourth-order valence-electron chi connectivity index (χ4n) is 1.58. The Balaban J connectivity index is 1.94. The van der Waals surface area contributed by atoms with Crippen molar-refractivity contribution in [1.82, 2.24) is 0 Å². The Bertz CT molecular complexity index is 537. The first-order valence-corrected chi connectivity index (χ1v) is 8.33. The normalized spacial score (nSPS) is 15.7. The maximum Gasteiger partial charge on any atom is 0.237 e. The number of thioether (sulfide) groups is 2. The van der Waals surface area contributed by atoms with Gasteiger partial charge in [0.05, 0.1) is 23.9 Å². The van der Waals surface area contributed by atoms with Crippen LogP contribution in [0.15, 0.2) is 23.2 Å². The van der Waals surface area contributed by atoms with E-state index in [1.807, 2.05) is 6.92 Å². The lowest BCUT2D eigenvalue weighted by molar-refractivity contribution is -0.115. The van der Waals surface area contributed by atoms with Crippen molar-refractivity contribution in [3.05, 3.63) is 23.2 Å². The first-order valence-electron chi connectivity index (χ1n) is 6.08. The van der Waals surface area contributed by atoms with Crippen LogP contribution in [0.2, 0.25) is 5.02 Å². The van der Waals surface area contributed by atoms with Crippen LogP contribution in [0.5, 0.6) is 5.75 Å². The van der Waals surface area contributed by atoms with E-state index in [1.54, 1.807) is 37.1 Å². The van der Waals surface area contributed by atoms with Gasteiger partial charge >= 0.3 is 0 Å². The van der Waals surface area contributed by atoms with Crippen molar-refractivity contribution in [2.24, 2.45) is 4.99 Å². The van der Waals surface area contributed by atoms with Crippen LogP contribution in [0, 0.1) is 0 Å². The molecule has 1 heterocycles. The summed E-state index contributed by atoms with van der Waals surface area (Å²) in [7, 11) is 1.55. The highest BCUT2D eigenvalue weighted by Gasteiger charge is 2.19. The van der Waals surface area contributed by atoms with Crippen molar-refractivity contribution < 1.29 is 9.53 Å². The number of nitrogens with zero attached hydrogens (tertiary/aromatic N) is 1. The van der Waals surface area contributed by atoms with Crippen LogP contribution in [0.1, 0.15) is 6.92 Å². The predicted molar refractivity (Wildman–Crippen MR) is 88.4 cm³/mol. The van der Waals surface area contributed by atoms with Gasteiger partial charge in [0.15, 0.2) is 0 Å². The molecule has 1 amide bonds. The summed E-state index contributed by atoms with van der Waals surface area (Å²) < 4.78 is 6.06. The zero-order chi connectivity index (χ0) is 14.5. The van der Waals surface area contributed by atoms with Gasteiger partial charge in [-0.3, -0.25) is 9.79 Å². The largest absolute Gasteiger partial charge is 0.495 e. The lowest BCUT2D eigenvalue weighted by atomic mass is 10.3. The van der Waals surface area contributed by atoms with E-state index in [-0.39, 0.29) is 11.2 Å². The lowest BCUT2D eigenvalue weighted by Gasteiger charge is -2.12. The molecule has 1 N–H and O–H groups in total. The summed E-state index contributed by atoms with van der Waals surface area (Å²) in [4.78, 5) is 16.4. The minimum absolute atomic E-state index is 0.0635. The molecule has 1 aliphatic heterocycles. The molecule has 0 saturated heterocycles. The van der Waals surface area contributed by atoms with E-state index in [4.69, 9.17) is 16.3 Å². The third-order valence-electron chi connectivity index (χ3n) is 2.62. The zero-order valence-electron chi connectivity index (χ0n) is 11.2. The second-order valence-electron chi connectivity index (χ2n) is 4.09. The summed E-state index contributed by atoms with van der Waals surface area (Å²) in [5.74, 6) is 1.53. The summed E-state index contributed by atoms with van der Waals surface area (Å²) in [6.45, 7) is 2.71. The molecule has 1 unspecified atom stereocenters. The van der Waals surface area contributed by atoms with Gasteiger partial charge in [0.2, 0.25) is 5.91 Å². The van der Waals surface area contributed by atoms with E-state index in [0.717, 1.165) is 16.7 Å². The number of amides is 1. The molecule has 1 aromatic rings. The lowest BCUT2D eigenvalue weighted by Crippen LogP contribution is -2.23. The minimum atomic E-state index is -0.194. The maximum atomic E-state index is 12.1. The second kappa shape index (κ2) is 7.24. The number of methoxy groups -OCH3 is 1. The number of carbonyl (C=O) groups excluding carboxylic acids is 1. The van der Waals surface area contributed by atoms with Crippen molar-refractivity contribution in [2.45, 2.75) is 12.2 Å². The van der Waals surface area contributed by atoms with Gasteiger partial charge in [-0.05, 0) is 25.1 Å². The average Bonchev–Trinajstić information content (AvgIpc) is 2.91. The number of benzene rings is 1. The van der Waals surface area contributed by atoms with Crippen LogP contribution >= 0.6 is 35.1 Å². The summed E-state index contributed by atoms with van der Waals surface area (Å²) in [5.41, 5.74) is 0.661. The third kappa shape index (κ3) is 4.07. The molecular weight excluding hydrogens is 316 g/mol. The molecule has 0 spiro atoms. The Hall–Kier alpha value is -0.850. The van der Waals surface area contributed by atoms with Gasteiger partial charge in [-0.2, -0.15) is 0 Å². The van der Waals surface area contributed by atoms with Crippen molar-refractivity contribution >= 4 is 51.1 Å². The monoisotopic (exact) mass is 330 g/mol. The molecular formula is C13H15ClN2O2S2. The number of nitrogens with one attached hydrogen (secondary N) is 1. The molecule has 0 aliphatic carbocycles. The van der Waals surface area contributed by atoms with Crippen LogP contribution in [0.25, 0.3) is 0 Å². The van der Waals surface area contributed by atoms with E-state index in [2.05, 4.69) is 10.3 Å². The zero-order valence-corrected chi connectivity index (χ0v) is 13.6. The Morgan fingerprint density at radius 1 is 1.60 bits per heavy atom. The van der Waals surface area contributed by atoms with Crippen molar-refractivity contribution in [1.29, 1.82) is 0 Å². The smallest absolute Gasteiger partial charge is 0.237 e. The first-order chi connectivity index (χ1) is 9.60. The third-order valence-corrected chi connectivity index (χ3v) is 5.22. The number of hydrogen-bond donors (Lipinski definition) is 1. The molecule has 2 rings (SSSR count). The molecule has 1 aromatic carbocycles. The van der Waals surface area contributed by atoms with Crippen molar-refractivity contribution in [3.8, 4) is 5.75 Å². The maximum absolute atomic E-state index is 12.1. The van der Waals surface area contributed by atoms with Gasteiger partial charge in [-0.1, -0.05) is 35.1 Å². The number of ether oxygens (including phenoxy) is 1. The molecule has 0 bridgehead atoms. The Labute approximate surface area is 131 Å². The summed E-state index contributed by atoms with van der Waals surface area (Å²) in [6, 6.07) is 5.17. The predicted octanol–water partition coefficient (Wildman–Crippen LogP) is 3.51. The Kier molecular flexibility index (Phi) is 5.63. The minimum Gasteiger partial charge on any atom is -0.495 e. The fraction of sp³-hybridized carbons (Fsp3) is 0.385. The summed E-state index contributed by atoms with van der Waals surface area (Å²) in [6.07, 6.45) is 0. The molecule has 4 nitrogen and oxygen atoms in total. The van der Waals surface area contributed by atoms with Crippen LogP contribution in [-0.2, 0) is 4.79 Å². The Morgan fingerprint density at radius 3 is 3.00 bits per heavy atom. The standard InChI is InChI=1S/C13H15ClN2O2S2/c1-8(20-13-15-5-6-19-13)12(17)16-9-3-4-11(18-2)10(14)7-9/h3-4,7-8H,5-6H2,1-2H3,(H,16,17). The molecule has 20 heavy (non-hydrogen) atoms. The number of aliphatic imine (C=N–C) groups is 1. The molecule has 0 fully saturated rings. The van der Waals surface area contributed by atoms with E-state index in [9.17, 15) is 4.79 Å². The quantitative estimate of drug-likeness (QED) is 0.917. The summed E-state index contributed by atoms with van der Waals surface area (Å²) >= 11 is 9.21. The van der Waals surface area contributed by atoms with Gasteiger partial charge in [0, 0.05) is 11.4 Å². The number of hydrogen-bond acceptors (Lipinski definition) is 5. The van der Waals surface area contributed by atoms with Gasteiger partial charge in [-0.25, -0.2) is 0 Å². The van der Waals surface area contributed by atoms with Gasteiger partial charge in [0.1, 0.15) is 10.1 Å². The first kappa shape index (κ1) is 15.5. The number of halogens is 1.